The molecule has 3 rings (SSSR count). The first-order valence-electron chi connectivity index (χ1n) is 8.14. The van der Waals surface area contributed by atoms with Gasteiger partial charge in [-0.25, -0.2) is 4.79 Å². The molecule has 1 aliphatic carbocycles. The van der Waals surface area contributed by atoms with Crippen LogP contribution in [0.3, 0.4) is 0 Å². The summed E-state index contributed by atoms with van der Waals surface area (Å²) in [7, 11) is 2.93. The van der Waals surface area contributed by atoms with Gasteiger partial charge >= 0.3 is 5.97 Å². The Labute approximate surface area is 147 Å². The van der Waals surface area contributed by atoms with Gasteiger partial charge in [0, 0.05) is 12.0 Å². The maximum Gasteiger partial charge on any atom is 0.338 e. The van der Waals surface area contributed by atoms with Gasteiger partial charge in [0.05, 0.1) is 36.7 Å². The van der Waals surface area contributed by atoms with Crippen molar-refractivity contribution in [2.45, 2.75) is 26.7 Å². The second kappa shape index (κ2) is 6.31. The van der Waals surface area contributed by atoms with Crippen LogP contribution in [0.1, 0.15) is 46.7 Å². The van der Waals surface area contributed by atoms with Crippen LogP contribution in [0.25, 0.3) is 11.3 Å². The zero-order valence-corrected chi connectivity index (χ0v) is 14.9. The third-order valence-electron chi connectivity index (χ3n) is 4.45. The van der Waals surface area contributed by atoms with Crippen LogP contribution in [0, 0.1) is 5.41 Å². The number of rotatable bonds is 3. The Hall–Kier alpha value is -2.69. The molecule has 0 aliphatic heterocycles. The topological polar surface area (TPSA) is 65.5 Å². The first kappa shape index (κ1) is 17.1. The molecular formula is C20H21NO4. The summed E-state index contributed by atoms with van der Waals surface area (Å²) in [6.07, 6.45) is 1.04. The van der Waals surface area contributed by atoms with Crippen molar-refractivity contribution < 1.29 is 19.1 Å². The van der Waals surface area contributed by atoms with E-state index in [1.165, 1.54) is 7.11 Å². The van der Waals surface area contributed by atoms with Crippen molar-refractivity contribution >= 4 is 11.8 Å². The summed E-state index contributed by atoms with van der Waals surface area (Å²) in [6.45, 7) is 4.07. The number of hydrogen-bond donors (Lipinski definition) is 0. The van der Waals surface area contributed by atoms with Gasteiger partial charge in [0.2, 0.25) is 0 Å². The van der Waals surface area contributed by atoms with Crippen LogP contribution >= 0.6 is 0 Å². The number of nitrogens with zero attached hydrogens (tertiary/aromatic N) is 1. The van der Waals surface area contributed by atoms with E-state index in [0.717, 1.165) is 11.3 Å². The molecule has 0 fully saturated rings. The third-order valence-corrected chi connectivity index (χ3v) is 4.45. The minimum absolute atomic E-state index is 0.0552. The molecule has 0 spiro atoms. The number of Topliss-reactive ketones (excluding diaryl/α,β-unsaturated/α-hetero) is 1. The zero-order valence-electron chi connectivity index (χ0n) is 14.9. The lowest BCUT2D eigenvalue weighted by atomic mass is 9.74. The second-order valence-electron chi connectivity index (χ2n) is 7.04. The average molecular weight is 339 g/mol. The number of ether oxygens (including phenoxy) is 2. The minimum atomic E-state index is -0.513. The molecule has 0 radical (unpaired) electrons. The van der Waals surface area contributed by atoms with E-state index in [1.54, 1.807) is 13.2 Å². The molecule has 0 bridgehead atoms. The van der Waals surface area contributed by atoms with Gasteiger partial charge in [-0.15, -0.1) is 0 Å². The van der Waals surface area contributed by atoms with Crippen LogP contribution in [-0.2, 0) is 11.2 Å². The van der Waals surface area contributed by atoms with E-state index in [4.69, 9.17) is 14.5 Å². The van der Waals surface area contributed by atoms with Gasteiger partial charge in [-0.2, -0.15) is 0 Å². The molecule has 1 aromatic heterocycles. The molecule has 25 heavy (non-hydrogen) atoms. The molecule has 1 heterocycles. The van der Waals surface area contributed by atoms with Crippen molar-refractivity contribution in [3.8, 4) is 17.0 Å². The highest BCUT2D eigenvalue weighted by atomic mass is 16.5. The Balaban J connectivity index is 2.18. The average Bonchev–Trinajstić information content (AvgIpc) is 2.58. The van der Waals surface area contributed by atoms with Gasteiger partial charge in [-0.1, -0.05) is 13.8 Å². The van der Waals surface area contributed by atoms with Crippen LogP contribution in [0.2, 0.25) is 0 Å². The van der Waals surface area contributed by atoms with E-state index in [-0.39, 0.29) is 11.2 Å². The molecule has 1 aromatic carbocycles. The summed E-state index contributed by atoms with van der Waals surface area (Å²) in [4.78, 5) is 29.6. The highest BCUT2D eigenvalue weighted by Gasteiger charge is 2.35. The molecule has 0 saturated heterocycles. The number of pyridine rings is 1. The Kier molecular flexibility index (Phi) is 4.33. The van der Waals surface area contributed by atoms with Crippen LogP contribution < -0.4 is 4.74 Å². The van der Waals surface area contributed by atoms with E-state index in [9.17, 15) is 9.59 Å². The van der Waals surface area contributed by atoms with Crippen molar-refractivity contribution in [2.24, 2.45) is 5.41 Å². The number of hydrogen-bond acceptors (Lipinski definition) is 5. The van der Waals surface area contributed by atoms with Gasteiger partial charge in [-0.05, 0) is 42.2 Å². The Morgan fingerprint density at radius 2 is 1.80 bits per heavy atom. The predicted molar refractivity (Wildman–Crippen MR) is 94.0 cm³/mol. The summed E-state index contributed by atoms with van der Waals surface area (Å²) in [5, 5.41) is 0. The summed E-state index contributed by atoms with van der Waals surface area (Å²) >= 11 is 0. The standard InChI is InChI=1S/C20H21NO4/c1-20(2)10-16-18(17(22)11-20)14(19(23)25-4)9-15(21-16)12-5-7-13(24-3)8-6-12/h5-9H,10-11H2,1-4H3. The van der Waals surface area contributed by atoms with Gasteiger partial charge < -0.3 is 9.47 Å². The van der Waals surface area contributed by atoms with Crippen LogP contribution in [0.5, 0.6) is 5.75 Å². The van der Waals surface area contributed by atoms with E-state index in [0.29, 0.717) is 35.4 Å². The number of fused-ring (bicyclic) bond motifs is 1. The Morgan fingerprint density at radius 3 is 2.40 bits per heavy atom. The number of carbonyl (C=O) groups is 2. The summed E-state index contributed by atoms with van der Waals surface area (Å²) in [5.74, 6) is 0.174. The summed E-state index contributed by atoms with van der Waals surface area (Å²) in [5.41, 5.74) is 2.68. The quantitative estimate of drug-likeness (QED) is 0.798. The largest absolute Gasteiger partial charge is 0.497 e. The van der Waals surface area contributed by atoms with E-state index in [2.05, 4.69) is 0 Å². The molecule has 130 valence electrons. The monoisotopic (exact) mass is 339 g/mol. The minimum Gasteiger partial charge on any atom is -0.497 e. The maximum atomic E-state index is 12.6. The third kappa shape index (κ3) is 3.27. The predicted octanol–water partition coefficient (Wildman–Crippen LogP) is 3.70. The lowest BCUT2D eigenvalue weighted by Gasteiger charge is -2.30. The van der Waals surface area contributed by atoms with Gasteiger partial charge in [-0.3, -0.25) is 9.78 Å². The van der Waals surface area contributed by atoms with Gasteiger partial charge in [0.15, 0.2) is 5.78 Å². The number of esters is 1. The zero-order chi connectivity index (χ0) is 18.2. The number of carbonyl (C=O) groups excluding carboxylic acids is 2. The van der Waals surface area contributed by atoms with Gasteiger partial charge in [0.1, 0.15) is 5.75 Å². The fourth-order valence-electron chi connectivity index (χ4n) is 3.26. The molecule has 5 nitrogen and oxygen atoms in total. The van der Waals surface area contributed by atoms with Crippen LogP contribution in [0.15, 0.2) is 30.3 Å². The van der Waals surface area contributed by atoms with Crippen molar-refractivity contribution in [3.05, 3.63) is 47.2 Å². The van der Waals surface area contributed by atoms with Crippen LogP contribution in [-0.4, -0.2) is 31.0 Å². The van der Waals surface area contributed by atoms with E-state index >= 15 is 0 Å². The first-order valence-corrected chi connectivity index (χ1v) is 8.14. The number of aromatic nitrogens is 1. The van der Waals surface area contributed by atoms with E-state index in [1.807, 2.05) is 38.1 Å². The van der Waals surface area contributed by atoms with Crippen molar-refractivity contribution in [3.63, 3.8) is 0 Å². The molecule has 0 amide bonds. The lowest BCUT2D eigenvalue weighted by Crippen LogP contribution is -2.30. The molecule has 5 heteroatoms. The van der Waals surface area contributed by atoms with Crippen molar-refractivity contribution in [1.82, 2.24) is 4.98 Å². The fourth-order valence-corrected chi connectivity index (χ4v) is 3.26. The van der Waals surface area contributed by atoms with Crippen LogP contribution in [0.4, 0.5) is 0 Å². The fraction of sp³-hybridized carbons (Fsp3) is 0.350. The highest BCUT2D eigenvalue weighted by Crippen LogP contribution is 2.37. The molecular weight excluding hydrogens is 318 g/mol. The van der Waals surface area contributed by atoms with Gasteiger partial charge in [0.25, 0.3) is 0 Å². The van der Waals surface area contributed by atoms with Crippen molar-refractivity contribution in [2.75, 3.05) is 14.2 Å². The molecule has 1 aliphatic rings. The molecule has 2 aromatic rings. The maximum absolute atomic E-state index is 12.6. The molecule has 0 unspecified atom stereocenters. The highest BCUT2D eigenvalue weighted by molar-refractivity contribution is 6.08. The smallest absolute Gasteiger partial charge is 0.338 e. The lowest BCUT2D eigenvalue weighted by molar-refractivity contribution is 0.0594. The molecule has 0 atom stereocenters. The Bertz CT molecular complexity index is 838. The SMILES string of the molecule is COC(=O)c1cc(-c2ccc(OC)cc2)nc2c1C(=O)CC(C)(C)C2. The second-order valence-corrected chi connectivity index (χ2v) is 7.04. The number of ketones is 1. The van der Waals surface area contributed by atoms with E-state index < -0.39 is 5.97 Å². The first-order chi connectivity index (χ1) is 11.8. The Morgan fingerprint density at radius 1 is 1.12 bits per heavy atom. The molecule has 0 saturated carbocycles. The van der Waals surface area contributed by atoms with Crippen molar-refractivity contribution in [1.29, 1.82) is 0 Å². The summed E-state index contributed by atoms with van der Waals surface area (Å²) < 4.78 is 10.1. The number of benzene rings is 1. The number of methoxy groups -OCH3 is 2. The molecule has 0 N–H and O–H groups in total. The normalized spacial score (nSPS) is 15.4. The summed E-state index contributed by atoms with van der Waals surface area (Å²) in [6, 6.07) is 9.07.